The summed E-state index contributed by atoms with van der Waals surface area (Å²) >= 11 is 0. The predicted octanol–water partition coefficient (Wildman–Crippen LogP) is 1.91. The first-order valence-electron chi connectivity index (χ1n) is 4.08. The summed E-state index contributed by atoms with van der Waals surface area (Å²) in [6.45, 7) is 1.01. The van der Waals surface area contributed by atoms with Gasteiger partial charge in [-0.25, -0.2) is 8.78 Å². The largest absolute Gasteiger partial charge is 0.324 e. The van der Waals surface area contributed by atoms with Gasteiger partial charge in [-0.3, -0.25) is 0 Å². The lowest BCUT2D eigenvalue weighted by Gasteiger charge is -2.28. The van der Waals surface area contributed by atoms with Crippen LogP contribution in [0.15, 0.2) is 0 Å². The fourth-order valence-corrected chi connectivity index (χ4v) is 2.11. The van der Waals surface area contributed by atoms with Crippen LogP contribution in [0.5, 0.6) is 0 Å². The van der Waals surface area contributed by atoms with Gasteiger partial charge in [0.1, 0.15) is 0 Å². The lowest BCUT2D eigenvalue weighted by atomic mass is 9.88. The second-order valence-electron chi connectivity index (χ2n) is 4.13. The maximum atomic E-state index is 13.0. The molecule has 0 radical (unpaired) electrons. The Morgan fingerprint density at radius 1 is 1.18 bits per heavy atom. The maximum Gasteiger partial charge on any atom is 0.252 e. The van der Waals surface area contributed by atoms with Crippen molar-refractivity contribution in [3.05, 3.63) is 0 Å². The van der Waals surface area contributed by atoms with E-state index < -0.39 is 16.9 Å². The summed E-state index contributed by atoms with van der Waals surface area (Å²) in [5, 5.41) is 0. The summed E-state index contributed by atoms with van der Waals surface area (Å²) in [7, 11) is 0. The Hall–Kier alpha value is -0.180. The van der Waals surface area contributed by atoms with E-state index >= 15 is 0 Å². The lowest BCUT2D eigenvalue weighted by molar-refractivity contribution is -0.0696. The maximum absolute atomic E-state index is 13.0. The van der Waals surface area contributed by atoms with Crippen LogP contribution < -0.4 is 5.73 Å². The first kappa shape index (κ1) is 7.47. The molecule has 0 bridgehead atoms. The zero-order chi connectivity index (χ0) is 8.33. The molecule has 0 atom stereocenters. The van der Waals surface area contributed by atoms with E-state index in [0.29, 0.717) is 12.8 Å². The molecule has 2 fully saturated rings. The van der Waals surface area contributed by atoms with Crippen molar-refractivity contribution in [2.75, 3.05) is 0 Å². The average molecular weight is 161 g/mol. The highest BCUT2D eigenvalue weighted by Crippen LogP contribution is 2.69. The highest BCUT2D eigenvalue weighted by Gasteiger charge is 2.72. The van der Waals surface area contributed by atoms with Gasteiger partial charge in [0.25, 0.3) is 5.92 Å². The van der Waals surface area contributed by atoms with Gasteiger partial charge in [-0.2, -0.15) is 0 Å². The normalized spacial score (nSPS) is 31.6. The van der Waals surface area contributed by atoms with Crippen LogP contribution in [0.2, 0.25) is 0 Å². The molecule has 0 amide bonds. The fraction of sp³-hybridized carbons (Fsp3) is 1.00. The zero-order valence-electron chi connectivity index (χ0n) is 6.66. The molecule has 0 aromatic heterocycles. The van der Waals surface area contributed by atoms with Crippen molar-refractivity contribution in [1.82, 2.24) is 0 Å². The Morgan fingerprint density at radius 2 is 1.64 bits per heavy atom. The van der Waals surface area contributed by atoms with Crippen LogP contribution in [0.25, 0.3) is 0 Å². The first-order chi connectivity index (χ1) is 4.91. The standard InChI is InChI=1S/C8H13F2N/c1-6(9,10)7(2-3-7)8(11)4-5-8/h2-5,11H2,1H3. The summed E-state index contributed by atoms with van der Waals surface area (Å²) < 4.78 is 26.0. The van der Waals surface area contributed by atoms with E-state index in [-0.39, 0.29) is 0 Å². The van der Waals surface area contributed by atoms with Crippen molar-refractivity contribution in [3.63, 3.8) is 0 Å². The average Bonchev–Trinajstić information content (AvgIpc) is 2.49. The minimum absolute atomic E-state index is 0.509. The Balaban J connectivity index is 2.23. The van der Waals surface area contributed by atoms with Crippen molar-refractivity contribution in [2.24, 2.45) is 11.1 Å². The summed E-state index contributed by atoms with van der Waals surface area (Å²) in [6.07, 6.45) is 2.81. The third kappa shape index (κ3) is 0.776. The van der Waals surface area contributed by atoms with E-state index in [4.69, 9.17) is 5.73 Å². The molecule has 0 aromatic rings. The molecule has 0 spiro atoms. The van der Waals surface area contributed by atoms with Gasteiger partial charge < -0.3 is 5.73 Å². The van der Waals surface area contributed by atoms with Gasteiger partial charge in [0.2, 0.25) is 0 Å². The minimum Gasteiger partial charge on any atom is -0.324 e. The molecule has 1 nitrogen and oxygen atoms in total. The molecule has 64 valence electrons. The van der Waals surface area contributed by atoms with Crippen molar-refractivity contribution in [1.29, 1.82) is 0 Å². The van der Waals surface area contributed by atoms with E-state index in [1.165, 1.54) is 0 Å². The second kappa shape index (κ2) is 1.60. The molecule has 11 heavy (non-hydrogen) atoms. The van der Waals surface area contributed by atoms with E-state index in [1.54, 1.807) is 0 Å². The van der Waals surface area contributed by atoms with E-state index in [2.05, 4.69) is 0 Å². The number of nitrogens with two attached hydrogens (primary N) is 1. The van der Waals surface area contributed by atoms with Crippen LogP contribution in [0.3, 0.4) is 0 Å². The number of alkyl halides is 2. The van der Waals surface area contributed by atoms with Crippen molar-refractivity contribution in [2.45, 2.75) is 44.1 Å². The molecular formula is C8H13F2N. The monoisotopic (exact) mass is 161 g/mol. The number of hydrogen-bond acceptors (Lipinski definition) is 1. The summed E-state index contributed by atoms with van der Waals surface area (Å²) in [4.78, 5) is 0. The molecule has 2 aliphatic carbocycles. The topological polar surface area (TPSA) is 26.0 Å². The van der Waals surface area contributed by atoms with Gasteiger partial charge in [-0.05, 0) is 32.6 Å². The van der Waals surface area contributed by atoms with Gasteiger partial charge >= 0.3 is 0 Å². The van der Waals surface area contributed by atoms with E-state index in [9.17, 15) is 8.78 Å². The highest BCUT2D eigenvalue weighted by molar-refractivity contribution is 5.23. The van der Waals surface area contributed by atoms with Gasteiger partial charge in [-0.15, -0.1) is 0 Å². The van der Waals surface area contributed by atoms with Crippen LogP contribution in [0.1, 0.15) is 32.6 Å². The van der Waals surface area contributed by atoms with Crippen molar-refractivity contribution in [3.8, 4) is 0 Å². The predicted molar refractivity (Wildman–Crippen MR) is 38.4 cm³/mol. The van der Waals surface area contributed by atoms with Crippen LogP contribution >= 0.6 is 0 Å². The second-order valence-corrected chi connectivity index (χ2v) is 4.13. The van der Waals surface area contributed by atoms with Crippen LogP contribution in [0.4, 0.5) is 8.78 Å². The van der Waals surface area contributed by atoms with E-state index in [0.717, 1.165) is 19.8 Å². The molecule has 0 unspecified atom stereocenters. The van der Waals surface area contributed by atoms with Crippen molar-refractivity contribution >= 4 is 0 Å². The molecule has 2 rings (SSSR count). The summed E-state index contributed by atoms with van der Waals surface area (Å²) in [6, 6.07) is 0. The quantitative estimate of drug-likeness (QED) is 0.657. The molecule has 0 aliphatic heterocycles. The van der Waals surface area contributed by atoms with Gasteiger partial charge in [0.05, 0.1) is 5.41 Å². The van der Waals surface area contributed by atoms with Gasteiger partial charge in [0.15, 0.2) is 0 Å². The fourth-order valence-electron chi connectivity index (χ4n) is 2.11. The smallest absolute Gasteiger partial charge is 0.252 e. The Labute approximate surface area is 65.0 Å². The number of hydrogen-bond donors (Lipinski definition) is 1. The summed E-state index contributed by atoms with van der Waals surface area (Å²) in [5.74, 6) is -2.57. The summed E-state index contributed by atoms with van der Waals surface area (Å²) in [5.41, 5.74) is 4.46. The molecule has 0 saturated heterocycles. The molecule has 2 saturated carbocycles. The van der Waals surface area contributed by atoms with E-state index in [1.807, 2.05) is 0 Å². The lowest BCUT2D eigenvalue weighted by Crippen LogP contribution is -2.44. The number of halogens is 2. The Kier molecular flexibility index (Phi) is 1.09. The molecular weight excluding hydrogens is 148 g/mol. The molecule has 0 heterocycles. The third-order valence-corrected chi connectivity index (χ3v) is 3.33. The van der Waals surface area contributed by atoms with Crippen LogP contribution in [0, 0.1) is 5.41 Å². The Bertz CT molecular complexity index is 180. The first-order valence-corrected chi connectivity index (χ1v) is 4.08. The minimum atomic E-state index is -2.57. The molecule has 0 aromatic carbocycles. The molecule has 3 heteroatoms. The van der Waals surface area contributed by atoms with Gasteiger partial charge in [-0.1, -0.05) is 0 Å². The zero-order valence-corrected chi connectivity index (χ0v) is 6.66. The Morgan fingerprint density at radius 3 is 1.73 bits per heavy atom. The highest BCUT2D eigenvalue weighted by atomic mass is 19.3. The molecule has 2 N–H and O–H groups in total. The number of rotatable bonds is 2. The van der Waals surface area contributed by atoms with Crippen LogP contribution in [-0.4, -0.2) is 11.5 Å². The molecule has 2 aliphatic rings. The SMILES string of the molecule is CC(F)(F)C1(C2(N)CC2)CC1. The van der Waals surface area contributed by atoms with Crippen molar-refractivity contribution < 1.29 is 8.78 Å². The van der Waals surface area contributed by atoms with Crippen LogP contribution in [-0.2, 0) is 0 Å². The van der Waals surface area contributed by atoms with Gasteiger partial charge in [0, 0.05) is 5.54 Å². The third-order valence-electron chi connectivity index (χ3n) is 3.33.